The number of rotatable bonds is 7. The molecule has 0 spiro atoms. The third-order valence-electron chi connectivity index (χ3n) is 5.67. The molecule has 1 unspecified atom stereocenters. The predicted octanol–water partition coefficient (Wildman–Crippen LogP) is 4.47. The molecule has 0 N–H and O–H groups in total. The van der Waals surface area contributed by atoms with Crippen LogP contribution in [0.2, 0.25) is 0 Å². The van der Waals surface area contributed by atoms with Gasteiger partial charge in [0.1, 0.15) is 11.8 Å². The van der Waals surface area contributed by atoms with E-state index in [1.165, 1.54) is 9.80 Å². The molecule has 0 bridgehead atoms. The first-order valence-corrected chi connectivity index (χ1v) is 11.4. The maximum atomic E-state index is 13.5. The second-order valence-corrected chi connectivity index (χ2v) is 8.64. The Morgan fingerprint density at radius 1 is 1.00 bits per heavy atom. The van der Waals surface area contributed by atoms with E-state index in [0.717, 1.165) is 10.0 Å². The highest BCUT2D eigenvalue weighted by Gasteiger charge is 2.44. The van der Waals surface area contributed by atoms with Crippen molar-refractivity contribution in [2.45, 2.75) is 18.9 Å². The second kappa shape index (κ2) is 10.0. The average molecular weight is 507 g/mol. The molecule has 1 saturated heterocycles. The van der Waals surface area contributed by atoms with Gasteiger partial charge in [-0.1, -0.05) is 46.3 Å². The minimum Gasteiger partial charge on any atom is -0.497 e. The number of methoxy groups -OCH3 is 1. The van der Waals surface area contributed by atoms with Crippen molar-refractivity contribution in [1.82, 2.24) is 4.90 Å². The highest BCUT2D eigenvalue weighted by molar-refractivity contribution is 9.10. The van der Waals surface area contributed by atoms with E-state index in [0.29, 0.717) is 30.0 Å². The van der Waals surface area contributed by atoms with E-state index >= 15 is 0 Å². The first kappa shape index (κ1) is 22.7. The zero-order chi connectivity index (χ0) is 23.4. The van der Waals surface area contributed by atoms with Crippen LogP contribution in [-0.2, 0) is 16.0 Å². The first-order chi connectivity index (χ1) is 16.0. The normalized spacial score (nSPS) is 15.6. The molecule has 4 rings (SSSR count). The van der Waals surface area contributed by atoms with Gasteiger partial charge in [0.25, 0.3) is 11.8 Å². The number of halogens is 1. The Labute approximate surface area is 200 Å². The van der Waals surface area contributed by atoms with E-state index in [1.54, 1.807) is 55.6 Å². The molecule has 0 radical (unpaired) electrons. The van der Waals surface area contributed by atoms with Crippen LogP contribution in [0, 0.1) is 0 Å². The van der Waals surface area contributed by atoms with Gasteiger partial charge in [-0.3, -0.25) is 14.4 Å². The summed E-state index contributed by atoms with van der Waals surface area (Å²) in [7, 11) is 1.56. The van der Waals surface area contributed by atoms with Crippen LogP contribution in [-0.4, -0.2) is 42.3 Å². The first-order valence-electron chi connectivity index (χ1n) is 10.6. The Balaban J connectivity index is 1.62. The molecule has 1 atom stereocenters. The lowest BCUT2D eigenvalue weighted by atomic mass is 10.1. The fourth-order valence-electron chi connectivity index (χ4n) is 3.91. The molecular weight excluding hydrogens is 484 g/mol. The maximum Gasteiger partial charge on any atom is 0.257 e. The van der Waals surface area contributed by atoms with Crippen LogP contribution in [0.15, 0.2) is 83.3 Å². The third kappa shape index (κ3) is 4.98. The third-order valence-corrected chi connectivity index (χ3v) is 6.19. The lowest BCUT2D eigenvalue weighted by molar-refractivity contribution is -0.122. The minimum atomic E-state index is -0.862. The maximum absolute atomic E-state index is 13.5. The number of hydrogen-bond donors (Lipinski definition) is 0. The van der Waals surface area contributed by atoms with E-state index in [4.69, 9.17) is 4.74 Å². The Morgan fingerprint density at radius 2 is 1.67 bits per heavy atom. The molecule has 0 saturated carbocycles. The lowest BCUT2D eigenvalue weighted by Crippen LogP contribution is -2.46. The van der Waals surface area contributed by atoms with Gasteiger partial charge < -0.3 is 9.64 Å². The summed E-state index contributed by atoms with van der Waals surface area (Å²) in [6, 6.07) is 22.6. The number of nitrogens with zero attached hydrogens (tertiary/aromatic N) is 2. The van der Waals surface area contributed by atoms with Crippen molar-refractivity contribution in [3.8, 4) is 5.75 Å². The summed E-state index contributed by atoms with van der Waals surface area (Å²) >= 11 is 3.37. The molecule has 168 valence electrons. The van der Waals surface area contributed by atoms with E-state index in [-0.39, 0.29) is 18.2 Å². The highest BCUT2D eigenvalue weighted by atomic mass is 79.9. The van der Waals surface area contributed by atoms with E-state index in [9.17, 15) is 14.4 Å². The summed E-state index contributed by atoms with van der Waals surface area (Å²) in [4.78, 5) is 42.4. The van der Waals surface area contributed by atoms with Gasteiger partial charge >= 0.3 is 0 Å². The molecule has 1 aliphatic rings. The van der Waals surface area contributed by atoms with Gasteiger partial charge in [-0.25, -0.2) is 4.90 Å². The van der Waals surface area contributed by atoms with Crippen molar-refractivity contribution in [2.75, 3.05) is 18.6 Å². The van der Waals surface area contributed by atoms with Gasteiger partial charge in [0.2, 0.25) is 5.91 Å². The fraction of sp³-hybridized carbons (Fsp3) is 0.192. The summed E-state index contributed by atoms with van der Waals surface area (Å²) in [5, 5.41) is 0. The lowest BCUT2D eigenvalue weighted by Gasteiger charge is -2.28. The second-order valence-electron chi connectivity index (χ2n) is 7.73. The Kier molecular flexibility index (Phi) is 6.89. The van der Waals surface area contributed by atoms with E-state index in [2.05, 4.69) is 15.9 Å². The monoisotopic (exact) mass is 506 g/mol. The minimum absolute atomic E-state index is 0.0500. The molecular formula is C26H23BrN2O4. The van der Waals surface area contributed by atoms with Crippen LogP contribution in [0.5, 0.6) is 5.75 Å². The smallest absolute Gasteiger partial charge is 0.257 e. The van der Waals surface area contributed by atoms with Crippen molar-refractivity contribution < 1.29 is 19.1 Å². The number of hydrogen-bond acceptors (Lipinski definition) is 4. The van der Waals surface area contributed by atoms with Gasteiger partial charge in [-0.15, -0.1) is 0 Å². The van der Waals surface area contributed by atoms with Gasteiger partial charge in [0.15, 0.2) is 0 Å². The number of imide groups is 1. The summed E-state index contributed by atoms with van der Waals surface area (Å²) in [5.41, 5.74) is 1.98. The van der Waals surface area contributed by atoms with Crippen LogP contribution in [0.25, 0.3) is 0 Å². The summed E-state index contributed by atoms with van der Waals surface area (Å²) in [6.45, 7) is 0.312. The van der Waals surface area contributed by atoms with Crippen LogP contribution >= 0.6 is 15.9 Å². The van der Waals surface area contributed by atoms with Crippen molar-refractivity contribution in [3.05, 3.63) is 94.5 Å². The van der Waals surface area contributed by atoms with E-state index < -0.39 is 11.9 Å². The quantitative estimate of drug-likeness (QED) is 0.443. The Hall–Kier alpha value is -3.45. The summed E-state index contributed by atoms with van der Waals surface area (Å²) in [6.07, 6.45) is 0.518. The Bertz CT molecular complexity index is 1150. The topological polar surface area (TPSA) is 66.9 Å². The zero-order valence-corrected chi connectivity index (χ0v) is 19.7. The van der Waals surface area contributed by atoms with Crippen molar-refractivity contribution in [3.63, 3.8) is 0 Å². The largest absolute Gasteiger partial charge is 0.497 e. The molecule has 6 nitrogen and oxygen atoms in total. The molecule has 33 heavy (non-hydrogen) atoms. The van der Waals surface area contributed by atoms with Gasteiger partial charge in [0.05, 0.1) is 19.2 Å². The summed E-state index contributed by atoms with van der Waals surface area (Å²) < 4.78 is 6.03. The van der Waals surface area contributed by atoms with Crippen LogP contribution in [0.4, 0.5) is 5.69 Å². The fourth-order valence-corrected chi connectivity index (χ4v) is 4.18. The average Bonchev–Trinajstić information content (AvgIpc) is 3.14. The highest BCUT2D eigenvalue weighted by Crippen LogP contribution is 2.28. The van der Waals surface area contributed by atoms with Crippen LogP contribution in [0.3, 0.4) is 0 Å². The number of ether oxygens (including phenoxy) is 1. The standard InChI is InChI=1S/C26H23BrN2O4/c1-33-22-13-7-19(8-14-22)25(31)28(16-15-18-5-3-2-4-6-18)23-17-24(30)29(26(23)32)21-11-9-20(27)10-12-21/h2-14,23H,15-17H2,1H3. The molecule has 1 heterocycles. The molecule has 0 aromatic heterocycles. The number of benzene rings is 3. The molecule has 7 heteroatoms. The zero-order valence-electron chi connectivity index (χ0n) is 18.1. The predicted molar refractivity (Wildman–Crippen MR) is 129 cm³/mol. The summed E-state index contributed by atoms with van der Waals surface area (Å²) in [5.74, 6) is -0.370. The number of anilines is 1. The molecule has 1 aliphatic heterocycles. The SMILES string of the molecule is COc1ccc(C(=O)N(CCc2ccccc2)C2CC(=O)N(c3ccc(Br)cc3)C2=O)cc1. The number of carbonyl (C=O) groups is 3. The van der Waals surface area contributed by atoms with E-state index in [1.807, 2.05) is 30.3 Å². The Morgan fingerprint density at radius 3 is 2.30 bits per heavy atom. The van der Waals surface area contributed by atoms with Crippen LogP contribution < -0.4 is 9.64 Å². The molecule has 3 aromatic rings. The van der Waals surface area contributed by atoms with Gasteiger partial charge in [0, 0.05) is 16.6 Å². The van der Waals surface area contributed by atoms with Crippen molar-refractivity contribution >= 4 is 39.3 Å². The molecule has 3 aromatic carbocycles. The molecule has 3 amide bonds. The number of amides is 3. The number of carbonyl (C=O) groups excluding carboxylic acids is 3. The van der Waals surface area contributed by atoms with Crippen molar-refractivity contribution in [2.24, 2.45) is 0 Å². The molecule has 0 aliphatic carbocycles. The van der Waals surface area contributed by atoms with Gasteiger partial charge in [-0.2, -0.15) is 0 Å². The van der Waals surface area contributed by atoms with Crippen LogP contribution in [0.1, 0.15) is 22.3 Å². The van der Waals surface area contributed by atoms with Gasteiger partial charge in [-0.05, 0) is 60.5 Å². The van der Waals surface area contributed by atoms with Crippen molar-refractivity contribution in [1.29, 1.82) is 0 Å². The molecule has 1 fully saturated rings.